The van der Waals surface area contributed by atoms with Crippen LogP contribution in [0.5, 0.6) is 0 Å². The Morgan fingerprint density at radius 3 is 2.95 bits per heavy atom. The van der Waals surface area contributed by atoms with Crippen LogP contribution in [0.25, 0.3) is 11.5 Å². The van der Waals surface area contributed by atoms with Gasteiger partial charge in [-0.3, -0.25) is 0 Å². The van der Waals surface area contributed by atoms with E-state index in [2.05, 4.69) is 10.1 Å². The summed E-state index contributed by atoms with van der Waals surface area (Å²) in [5.41, 5.74) is 0.598. The summed E-state index contributed by atoms with van der Waals surface area (Å²) in [5, 5.41) is 3.93. The maximum Gasteiger partial charge on any atom is 0.258 e. The largest absolute Gasteiger partial charge is 0.370 e. The number of benzene rings is 1. The number of hydrogen-bond donors (Lipinski definition) is 0. The van der Waals surface area contributed by atoms with Crippen molar-refractivity contribution in [1.82, 2.24) is 10.1 Å². The topological polar surface area (TPSA) is 82.3 Å². The maximum atomic E-state index is 11.9. The van der Waals surface area contributed by atoms with Crippen LogP contribution in [0.15, 0.2) is 33.7 Å². The lowest BCUT2D eigenvalue weighted by Crippen LogP contribution is -2.03. The van der Waals surface area contributed by atoms with Crippen molar-refractivity contribution in [3.05, 3.63) is 30.1 Å². The van der Waals surface area contributed by atoms with Gasteiger partial charge in [-0.2, -0.15) is 4.98 Å². The van der Waals surface area contributed by atoms with E-state index < -0.39 is 9.84 Å². The normalized spacial score (nSPS) is 19.0. The smallest absolute Gasteiger partial charge is 0.258 e. The molecule has 0 N–H and O–H groups in total. The van der Waals surface area contributed by atoms with Crippen molar-refractivity contribution in [2.45, 2.75) is 30.8 Å². The van der Waals surface area contributed by atoms with Crippen LogP contribution in [-0.4, -0.2) is 30.9 Å². The third-order valence-electron chi connectivity index (χ3n) is 3.48. The van der Waals surface area contributed by atoms with Gasteiger partial charge < -0.3 is 9.26 Å². The second-order valence-electron chi connectivity index (χ2n) is 4.89. The summed E-state index contributed by atoms with van der Waals surface area (Å²) < 4.78 is 34.6. The van der Waals surface area contributed by atoms with E-state index >= 15 is 0 Å². The first-order chi connectivity index (χ1) is 10.1. The Morgan fingerprint density at radius 1 is 1.38 bits per heavy atom. The van der Waals surface area contributed by atoms with Gasteiger partial charge in [-0.25, -0.2) is 8.42 Å². The quantitative estimate of drug-likeness (QED) is 0.862. The Morgan fingerprint density at radius 2 is 2.24 bits per heavy atom. The van der Waals surface area contributed by atoms with Crippen LogP contribution in [0.1, 0.15) is 31.7 Å². The van der Waals surface area contributed by atoms with Crippen LogP contribution in [0.4, 0.5) is 0 Å². The lowest BCUT2D eigenvalue weighted by atomic mass is 10.2. The molecule has 21 heavy (non-hydrogen) atoms. The van der Waals surface area contributed by atoms with Crippen molar-refractivity contribution >= 4 is 9.84 Å². The summed E-state index contributed by atoms with van der Waals surface area (Å²) in [6.07, 6.45) is 1.74. The molecule has 112 valence electrons. The van der Waals surface area contributed by atoms with Gasteiger partial charge in [-0.05, 0) is 31.0 Å². The van der Waals surface area contributed by atoms with Crippen molar-refractivity contribution in [1.29, 1.82) is 0 Å². The Bertz CT molecular complexity index is 733. The van der Waals surface area contributed by atoms with Gasteiger partial charge in [-0.15, -0.1) is 0 Å². The van der Waals surface area contributed by atoms with E-state index in [1.54, 1.807) is 31.2 Å². The Kier molecular flexibility index (Phi) is 3.77. The zero-order valence-electron chi connectivity index (χ0n) is 11.7. The molecule has 2 aromatic rings. The predicted octanol–water partition coefficient (Wildman–Crippen LogP) is 2.38. The standard InChI is InChI=1S/C14H16N2O4S/c1-2-21(17,18)11-6-3-5-10(9-11)14-15-13(16-20-14)12-7-4-8-19-12/h3,5-6,9,12H,2,4,7-8H2,1H3. The molecule has 0 spiro atoms. The molecule has 7 heteroatoms. The molecule has 1 aromatic carbocycles. The van der Waals surface area contributed by atoms with Crippen molar-refractivity contribution in [2.24, 2.45) is 0 Å². The monoisotopic (exact) mass is 308 g/mol. The van der Waals surface area contributed by atoms with E-state index in [1.165, 1.54) is 0 Å². The maximum absolute atomic E-state index is 11.9. The van der Waals surface area contributed by atoms with Gasteiger partial charge >= 0.3 is 0 Å². The van der Waals surface area contributed by atoms with Gasteiger partial charge in [0.1, 0.15) is 6.10 Å². The van der Waals surface area contributed by atoms with Crippen LogP contribution in [0.3, 0.4) is 0 Å². The minimum Gasteiger partial charge on any atom is -0.370 e. The van der Waals surface area contributed by atoms with Crippen LogP contribution in [0, 0.1) is 0 Å². The highest BCUT2D eigenvalue weighted by molar-refractivity contribution is 7.91. The summed E-state index contributed by atoms with van der Waals surface area (Å²) in [4.78, 5) is 4.58. The van der Waals surface area contributed by atoms with E-state index in [4.69, 9.17) is 9.26 Å². The third kappa shape index (κ3) is 2.84. The summed E-state index contributed by atoms with van der Waals surface area (Å²) in [7, 11) is -3.25. The van der Waals surface area contributed by atoms with E-state index in [1.807, 2.05) is 0 Å². The van der Waals surface area contributed by atoms with E-state index in [0.717, 1.165) is 12.8 Å². The van der Waals surface area contributed by atoms with Crippen LogP contribution in [0.2, 0.25) is 0 Å². The minimum atomic E-state index is -3.25. The van der Waals surface area contributed by atoms with Crippen LogP contribution < -0.4 is 0 Å². The summed E-state index contributed by atoms with van der Waals surface area (Å²) in [5.74, 6) is 0.890. The minimum absolute atomic E-state index is 0.0570. The number of hydrogen-bond acceptors (Lipinski definition) is 6. The molecule has 1 atom stereocenters. The number of ether oxygens (including phenoxy) is 1. The number of rotatable bonds is 4. The molecule has 1 saturated heterocycles. The second-order valence-corrected chi connectivity index (χ2v) is 7.17. The number of nitrogens with zero attached hydrogens (tertiary/aromatic N) is 2. The third-order valence-corrected chi connectivity index (χ3v) is 5.21. The molecule has 1 aromatic heterocycles. The number of aromatic nitrogens is 2. The first kappa shape index (κ1) is 14.2. The van der Waals surface area contributed by atoms with Gasteiger partial charge in [0.25, 0.3) is 5.89 Å². The van der Waals surface area contributed by atoms with Crippen LogP contribution in [-0.2, 0) is 14.6 Å². The highest BCUT2D eigenvalue weighted by atomic mass is 32.2. The van der Waals surface area contributed by atoms with Crippen molar-refractivity contribution in [3.8, 4) is 11.5 Å². The van der Waals surface area contributed by atoms with Crippen molar-refractivity contribution in [3.63, 3.8) is 0 Å². The van der Waals surface area contributed by atoms with Gasteiger partial charge in [0.05, 0.1) is 10.6 Å². The second kappa shape index (κ2) is 5.57. The lowest BCUT2D eigenvalue weighted by Gasteiger charge is -2.02. The fourth-order valence-electron chi connectivity index (χ4n) is 2.25. The lowest BCUT2D eigenvalue weighted by molar-refractivity contribution is 0.103. The molecule has 0 amide bonds. The van der Waals surface area contributed by atoms with Gasteiger partial charge in [0, 0.05) is 12.2 Å². The molecular formula is C14H16N2O4S. The molecule has 0 aliphatic carbocycles. The Hall–Kier alpha value is -1.73. The molecule has 3 rings (SSSR count). The molecular weight excluding hydrogens is 292 g/mol. The Labute approximate surface area is 123 Å². The SMILES string of the molecule is CCS(=O)(=O)c1cccc(-c2nc(C3CCCO3)no2)c1. The summed E-state index contributed by atoms with van der Waals surface area (Å²) in [6.45, 7) is 2.32. The zero-order valence-corrected chi connectivity index (χ0v) is 12.5. The molecule has 6 nitrogen and oxygen atoms in total. The number of sulfone groups is 1. The Balaban J connectivity index is 1.92. The first-order valence-corrected chi connectivity index (χ1v) is 8.54. The van der Waals surface area contributed by atoms with Crippen molar-refractivity contribution < 1.29 is 17.7 Å². The zero-order chi connectivity index (χ0) is 14.9. The average molecular weight is 308 g/mol. The van der Waals surface area contributed by atoms with E-state index in [0.29, 0.717) is 23.9 Å². The van der Waals surface area contributed by atoms with Gasteiger partial charge in [0.2, 0.25) is 5.82 Å². The van der Waals surface area contributed by atoms with E-state index in [9.17, 15) is 8.42 Å². The predicted molar refractivity (Wildman–Crippen MR) is 75.4 cm³/mol. The molecule has 0 radical (unpaired) electrons. The summed E-state index contributed by atoms with van der Waals surface area (Å²) >= 11 is 0. The van der Waals surface area contributed by atoms with Gasteiger partial charge in [-0.1, -0.05) is 18.1 Å². The van der Waals surface area contributed by atoms with E-state index in [-0.39, 0.29) is 16.8 Å². The first-order valence-electron chi connectivity index (χ1n) is 6.88. The molecule has 1 aliphatic heterocycles. The van der Waals surface area contributed by atoms with Crippen LogP contribution >= 0.6 is 0 Å². The fourth-order valence-corrected chi connectivity index (χ4v) is 3.18. The molecule has 1 unspecified atom stereocenters. The highest BCUT2D eigenvalue weighted by Crippen LogP contribution is 2.28. The molecule has 0 saturated carbocycles. The molecule has 0 bridgehead atoms. The van der Waals surface area contributed by atoms with Crippen molar-refractivity contribution in [2.75, 3.05) is 12.4 Å². The molecule has 1 aliphatic rings. The molecule has 1 fully saturated rings. The van der Waals surface area contributed by atoms with Gasteiger partial charge in [0.15, 0.2) is 9.84 Å². The average Bonchev–Trinajstić information content (AvgIpc) is 3.18. The fraction of sp³-hybridized carbons (Fsp3) is 0.429. The summed E-state index contributed by atoms with van der Waals surface area (Å²) in [6, 6.07) is 6.56. The highest BCUT2D eigenvalue weighted by Gasteiger charge is 2.24. The molecule has 2 heterocycles.